The molecule has 4 rings (SSSR count). The Morgan fingerprint density at radius 1 is 1.10 bits per heavy atom. The third kappa shape index (κ3) is 4.86. The molecular weight excluding hydrogens is 422 g/mol. The van der Waals surface area contributed by atoms with E-state index in [9.17, 15) is 18.0 Å². The number of hydrogen-bond acceptors (Lipinski definition) is 5. The summed E-state index contributed by atoms with van der Waals surface area (Å²) in [6, 6.07) is 12.9. The van der Waals surface area contributed by atoms with Gasteiger partial charge in [0.25, 0.3) is 15.6 Å². The first-order valence-corrected chi connectivity index (χ1v) is 10.7. The van der Waals surface area contributed by atoms with Gasteiger partial charge in [-0.2, -0.15) is 0 Å². The van der Waals surface area contributed by atoms with Crippen molar-refractivity contribution in [2.75, 3.05) is 11.8 Å². The quantitative estimate of drug-likeness (QED) is 0.373. The minimum absolute atomic E-state index is 0.131. The summed E-state index contributed by atoms with van der Waals surface area (Å²) >= 11 is 0. The normalized spacial score (nSPS) is 11.0. The lowest BCUT2D eigenvalue weighted by Gasteiger charge is -2.10. The van der Waals surface area contributed by atoms with Crippen molar-refractivity contribution in [3.63, 3.8) is 0 Å². The number of carbonyl (C=O) groups is 1. The van der Waals surface area contributed by atoms with Gasteiger partial charge in [0.15, 0.2) is 0 Å². The van der Waals surface area contributed by atoms with Gasteiger partial charge < -0.3 is 19.8 Å². The van der Waals surface area contributed by atoms with Crippen LogP contribution in [-0.2, 0) is 14.8 Å². The van der Waals surface area contributed by atoms with E-state index in [1.165, 1.54) is 19.2 Å². The lowest BCUT2D eigenvalue weighted by molar-refractivity contribution is -0.136. The number of hydrogen-bond donors (Lipinski definition) is 4. The van der Waals surface area contributed by atoms with E-state index in [1.807, 2.05) is 0 Å². The number of carboxylic acid groups (broad SMARTS) is 1. The van der Waals surface area contributed by atoms with Crippen LogP contribution in [0, 0.1) is 0 Å². The molecule has 2 aromatic heterocycles. The molecule has 162 valence electrons. The van der Waals surface area contributed by atoms with Crippen molar-refractivity contribution in [1.82, 2.24) is 9.97 Å². The average molecular weight is 443 g/mol. The number of aromatic amines is 2. The van der Waals surface area contributed by atoms with Gasteiger partial charge in [0, 0.05) is 34.6 Å². The molecule has 0 atom stereocenters. The second-order valence-corrected chi connectivity index (χ2v) is 8.19. The molecule has 0 bridgehead atoms. The highest BCUT2D eigenvalue weighted by Crippen LogP contribution is 2.25. The highest BCUT2D eigenvalue weighted by atomic mass is 32.2. The Balaban J connectivity index is 0.000000491. The molecule has 0 amide bonds. The molecule has 0 spiro atoms. The summed E-state index contributed by atoms with van der Waals surface area (Å²) in [7, 11) is -2.22. The average Bonchev–Trinajstić information content (AvgIpc) is 3.25. The van der Waals surface area contributed by atoms with E-state index in [2.05, 4.69) is 14.7 Å². The third-order valence-corrected chi connectivity index (χ3v) is 5.85. The van der Waals surface area contributed by atoms with Gasteiger partial charge in [-0.15, -0.1) is 0 Å². The lowest BCUT2D eigenvalue weighted by atomic mass is 10.1. The molecule has 2 heterocycles. The molecule has 4 aromatic rings. The molecule has 31 heavy (non-hydrogen) atoms. The second kappa shape index (κ2) is 8.92. The summed E-state index contributed by atoms with van der Waals surface area (Å²) in [5.74, 6) is -0.168. The Hall–Kier alpha value is -3.79. The number of aliphatic carboxylic acids is 1. The number of fused-ring (bicyclic) bond motifs is 3. The van der Waals surface area contributed by atoms with Gasteiger partial charge in [0.2, 0.25) is 0 Å². The first kappa shape index (κ1) is 21.9. The fourth-order valence-corrected chi connectivity index (χ4v) is 3.92. The molecule has 0 radical (unpaired) electrons. The number of nitrogens with one attached hydrogen (secondary N) is 3. The number of pyridine rings is 1. The van der Waals surface area contributed by atoms with Crippen molar-refractivity contribution in [2.24, 2.45) is 0 Å². The number of benzene rings is 2. The van der Waals surface area contributed by atoms with Crippen LogP contribution in [0.4, 0.5) is 5.69 Å². The summed E-state index contributed by atoms with van der Waals surface area (Å²) in [6.45, 7) is 1.60. The molecule has 4 N–H and O–H groups in total. The SMILES string of the molecule is CCC(=O)O.COc1ccc(S(=O)(=O)Nc2ccc3[nH]c(=O)c4[nH]ccc4c3c2)cc1. The summed E-state index contributed by atoms with van der Waals surface area (Å²) in [5.41, 5.74) is 1.27. The van der Waals surface area contributed by atoms with Crippen LogP contribution < -0.4 is 15.0 Å². The summed E-state index contributed by atoms with van der Waals surface area (Å²) in [6.07, 6.45) is 1.90. The molecule has 0 aliphatic carbocycles. The van der Waals surface area contributed by atoms with Gasteiger partial charge in [-0.3, -0.25) is 14.3 Å². The topological polar surface area (TPSA) is 141 Å². The Labute approximate surface area is 177 Å². The zero-order valence-electron chi connectivity index (χ0n) is 16.8. The maximum atomic E-state index is 12.6. The van der Waals surface area contributed by atoms with Crippen molar-refractivity contribution in [2.45, 2.75) is 18.2 Å². The van der Waals surface area contributed by atoms with E-state index in [-0.39, 0.29) is 16.9 Å². The monoisotopic (exact) mass is 443 g/mol. The first-order valence-electron chi connectivity index (χ1n) is 9.27. The number of rotatable bonds is 5. The Kier molecular flexibility index (Phi) is 6.30. The Morgan fingerprint density at radius 2 is 1.77 bits per heavy atom. The van der Waals surface area contributed by atoms with Gasteiger partial charge in [-0.25, -0.2) is 8.42 Å². The first-order chi connectivity index (χ1) is 14.7. The maximum absolute atomic E-state index is 12.6. The van der Waals surface area contributed by atoms with E-state index in [0.717, 1.165) is 10.8 Å². The van der Waals surface area contributed by atoms with E-state index < -0.39 is 16.0 Å². The number of carboxylic acids is 1. The highest BCUT2D eigenvalue weighted by Gasteiger charge is 2.15. The molecule has 0 saturated heterocycles. The van der Waals surface area contributed by atoms with Crippen molar-refractivity contribution < 1.29 is 23.1 Å². The fourth-order valence-electron chi connectivity index (χ4n) is 2.88. The van der Waals surface area contributed by atoms with Gasteiger partial charge in [-0.1, -0.05) is 6.92 Å². The second-order valence-electron chi connectivity index (χ2n) is 6.51. The molecule has 0 fully saturated rings. The van der Waals surface area contributed by atoms with Crippen LogP contribution in [0.1, 0.15) is 13.3 Å². The van der Waals surface area contributed by atoms with Gasteiger partial charge in [0.05, 0.1) is 12.0 Å². The maximum Gasteiger partial charge on any atom is 0.303 e. The lowest BCUT2D eigenvalue weighted by Crippen LogP contribution is -2.13. The molecular formula is C21H21N3O6S. The van der Waals surface area contributed by atoms with Crippen molar-refractivity contribution in [3.05, 3.63) is 65.1 Å². The summed E-state index contributed by atoms with van der Waals surface area (Å²) in [5, 5.41) is 9.20. The largest absolute Gasteiger partial charge is 0.497 e. The van der Waals surface area contributed by atoms with Crippen LogP contribution in [0.3, 0.4) is 0 Å². The number of aromatic nitrogens is 2. The van der Waals surface area contributed by atoms with E-state index >= 15 is 0 Å². The van der Waals surface area contributed by atoms with Crippen LogP contribution in [0.2, 0.25) is 0 Å². The van der Waals surface area contributed by atoms with E-state index in [1.54, 1.807) is 49.5 Å². The van der Waals surface area contributed by atoms with Gasteiger partial charge in [-0.05, 0) is 48.5 Å². The Bertz CT molecular complexity index is 1390. The Morgan fingerprint density at radius 3 is 2.39 bits per heavy atom. The predicted octanol–water partition coefficient (Wildman–Crippen LogP) is 3.30. The van der Waals surface area contributed by atoms with Gasteiger partial charge in [0.1, 0.15) is 11.3 Å². The highest BCUT2D eigenvalue weighted by molar-refractivity contribution is 7.92. The molecule has 10 heteroatoms. The van der Waals surface area contributed by atoms with Crippen LogP contribution in [0.25, 0.3) is 21.8 Å². The van der Waals surface area contributed by atoms with Crippen LogP contribution >= 0.6 is 0 Å². The van der Waals surface area contributed by atoms with Crippen LogP contribution in [-0.4, -0.2) is 36.6 Å². The number of methoxy groups -OCH3 is 1. The van der Waals surface area contributed by atoms with E-state index in [0.29, 0.717) is 22.5 Å². The standard InChI is InChI=1S/C18H15N3O4S.C3H6O2/c1-25-12-3-5-13(6-4-12)26(23,24)21-11-2-7-16-15(10-11)14-8-9-19-17(14)18(22)20-16;1-2-3(4)5/h2-10,19,21H,1H3,(H,20,22);2H2,1H3,(H,4,5). The zero-order chi connectivity index (χ0) is 22.6. The molecule has 0 aliphatic heterocycles. The molecule has 0 saturated carbocycles. The minimum Gasteiger partial charge on any atom is -0.497 e. The van der Waals surface area contributed by atoms with Gasteiger partial charge >= 0.3 is 5.97 Å². The van der Waals surface area contributed by atoms with Crippen LogP contribution in [0.15, 0.2) is 64.4 Å². The van der Waals surface area contributed by atoms with Crippen LogP contribution in [0.5, 0.6) is 5.75 Å². The molecule has 2 aromatic carbocycles. The molecule has 0 aliphatic rings. The molecule has 0 unspecified atom stereocenters. The zero-order valence-corrected chi connectivity index (χ0v) is 17.6. The molecule has 9 nitrogen and oxygen atoms in total. The van der Waals surface area contributed by atoms with Crippen molar-refractivity contribution >= 4 is 43.5 Å². The third-order valence-electron chi connectivity index (χ3n) is 4.46. The van der Waals surface area contributed by atoms with E-state index in [4.69, 9.17) is 9.84 Å². The predicted molar refractivity (Wildman–Crippen MR) is 118 cm³/mol. The number of sulfonamides is 1. The number of anilines is 1. The summed E-state index contributed by atoms with van der Waals surface area (Å²) < 4.78 is 32.8. The number of H-pyrrole nitrogens is 2. The summed E-state index contributed by atoms with van der Waals surface area (Å²) in [4.78, 5) is 27.2. The van der Waals surface area contributed by atoms with Crippen molar-refractivity contribution in [1.29, 1.82) is 0 Å². The fraction of sp³-hybridized carbons (Fsp3) is 0.143. The number of ether oxygens (including phenoxy) is 1. The smallest absolute Gasteiger partial charge is 0.303 e. The van der Waals surface area contributed by atoms with Crippen molar-refractivity contribution in [3.8, 4) is 5.75 Å². The minimum atomic E-state index is -3.74.